The zero-order valence-corrected chi connectivity index (χ0v) is 14.4. The van der Waals surface area contributed by atoms with Crippen molar-refractivity contribution < 1.29 is 9.53 Å². The molecule has 0 bridgehead atoms. The second-order valence-corrected chi connectivity index (χ2v) is 7.58. The number of carbonyl (C=O) groups excluding carboxylic acids is 1. The monoisotopic (exact) mass is 315 g/mol. The molecule has 0 aliphatic carbocycles. The Kier molecular flexibility index (Phi) is 3.82. The normalized spacial score (nSPS) is 18.2. The lowest BCUT2D eigenvalue weighted by molar-refractivity contribution is 0.0124. The van der Waals surface area contributed by atoms with Crippen molar-refractivity contribution in [3.63, 3.8) is 0 Å². The Morgan fingerprint density at radius 1 is 1.22 bits per heavy atom. The van der Waals surface area contributed by atoms with Crippen LogP contribution in [0.1, 0.15) is 40.5 Å². The summed E-state index contributed by atoms with van der Waals surface area (Å²) >= 11 is 0. The fraction of sp³-hybridized carbons (Fsp3) is 0.556. The molecule has 1 amide bonds. The van der Waals surface area contributed by atoms with Gasteiger partial charge in [-0.3, -0.25) is 4.68 Å². The van der Waals surface area contributed by atoms with Gasteiger partial charge >= 0.3 is 6.09 Å². The Morgan fingerprint density at radius 2 is 1.87 bits per heavy atom. The van der Waals surface area contributed by atoms with Crippen molar-refractivity contribution in [3.05, 3.63) is 30.5 Å². The Morgan fingerprint density at radius 3 is 2.52 bits per heavy atom. The van der Waals surface area contributed by atoms with Crippen molar-refractivity contribution in [1.29, 1.82) is 0 Å². The van der Waals surface area contributed by atoms with Crippen molar-refractivity contribution in [2.24, 2.45) is 0 Å². The van der Waals surface area contributed by atoms with E-state index in [1.807, 2.05) is 39.1 Å². The summed E-state index contributed by atoms with van der Waals surface area (Å²) in [4.78, 5) is 14.0. The predicted molar refractivity (Wildman–Crippen MR) is 90.4 cm³/mol. The van der Waals surface area contributed by atoms with Crippen LogP contribution in [-0.4, -0.2) is 39.5 Å². The second kappa shape index (κ2) is 5.55. The molecule has 23 heavy (non-hydrogen) atoms. The van der Waals surface area contributed by atoms with E-state index >= 15 is 0 Å². The highest BCUT2D eigenvalue weighted by Gasteiger charge is 2.36. The summed E-state index contributed by atoms with van der Waals surface area (Å²) in [5, 5.41) is 5.76. The van der Waals surface area contributed by atoms with Gasteiger partial charge < -0.3 is 9.64 Å². The summed E-state index contributed by atoms with van der Waals surface area (Å²) in [6.45, 7) is 9.30. The molecular formula is C18H25N3O2. The minimum atomic E-state index is -0.448. The van der Waals surface area contributed by atoms with E-state index < -0.39 is 5.60 Å². The number of nitrogens with zero attached hydrogens (tertiary/aromatic N) is 3. The molecule has 0 N–H and O–H groups in total. The van der Waals surface area contributed by atoms with Gasteiger partial charge in [0.1, 0.15) is 5.60 Å². The number of rotatable bonds is 1. The third kappa shape index (κ3) is 3.19. The fourth-order valence-electron chi connectivity index (χ4n) is 3.11. The first-order valence-electron chi connectivity index (χ1n) is 8.20. The van der Waals surface area contributed by atoms with E-state index in [9.17, 15) is 4.79 Å². The highest BCUT2D eigenvalue weighted by atomic mass is 16.6. The average Bonchev–Trinajstić information content (AvgIpc) is 2.90. The van der Waals surface area contributed by atoms with Crippen molar-refractivity contribution in [1.82, 2.24) is 14.7 Å². The number of ether oxygens (including phenoxy) is 1. The van der Waals surface area contributed by atoms with Crippen molar-refractivity contribution >= 4 is 17.0 Å². The Hall–Kier alpha value is -2.04. The number of fused-ring (bicyclic) bond motifs is 1. The molecule has 1 saturated heterocycles. The van der Waals surface area contributed by atoms with Crippen LogP contribution in [0, 0.1) is 0 Å². The van der Waals surface area contributed by atoms with Crippen molar-refractivity contribution in [2.45, 2.75) is 51.7 Å². The fourth-order valence-corrected chi connectivity index (χ4v) is 3.11. The molecule has 0 atom stereocenters. The topological polar surface area (TPSA) is 47.4 Å². The molecule has 1 aliphatic heterocycles. The molecule has 1 aromatic carbocycles. The molecule has 5 nitrogen and oxygen atoms in total. The molecule has 0 unspecified atom stereocenters. The summed E-state index contributed by atoms with van der Waals surface area (Å²) < 4.78 is 7.59. The number of piperidine rings is 1. The summed E-state index contributed by atoms with van der Waals surface area (Å²) in [6, 6.07) is 8.26. The number of hydrogen-bond donors (Lipinski definition) is 0. The number of para-hydroxylation sites is 1. The third-order valence-corrected chi connectivity index (χ3v) is 4.48. The van der Waals surface area contributed by atoms with Crippen LogP contribution in [0.3, 0.4) is 0 Å². The van der Waals surface area contributed by atoms with Crippen LogP contribution in [0.5, 0.6) is 0 Å². The number of carbonyl (C=O) groups is 1. The minimum absolute atomic E-state index is 0.0678. The molecule has 124 valence electrons. The standard InChI is InChI=1S/C18H25N3O2/c1-17(2,3)23-16(22)20-11-9-18(4,10-12-20)21-15-8-6-5-7-14(15)13-19-21/h5-8,13H,9-12H2,1-4H3. The maximum atomic E-state index is 12.2. The summed E-state index contributed by atoms with van der Waals surface area (Å²) in [7, 11) is 0. The molecule has 0 saturated carbocycles. The molecule has 1 aliphatic rings. The van der Waals surface area contributed by atoms with Crippen LogP contribution < -0.4 is 0 Å². The Labute approximate surface area is 137 Å². The lowest BCUT2D eigenvalue weighted by Gasteiger charge is -2.40. The lowest BCUT2D eigenvalue weighted by atomic mass is 9.89. The zero-order chi connectivity index (χ0) is 16.7. The lowest BCUT2D eigenvalue weighted by Crippen LogP contribution is -2.48. The quantitative estimate of drug-likeness (QED) is 0.804. The average molecular weight is 315 g/mol. The van der Waals surface area contributed by atoms with E-state index in [0.717, 1.165) is 23.7 Å². The van der Waals surface area contributed by atoms with Gasteiger partial charge in [-0.25, -0.2) is 4.79 Å². The van der Waals surface area contributed by atoms with E-state index in [4.69, 9.17) is 4.74 Å². The summed E-state index contributed by atoms with van der Waals surface area (Å²) in [5.41, 5.74) is 0.637. The van der Waals surface area contributed by atoms with Gasteiger partial charge in [-0.1, -0.05) is 18.2 Å². The summed E-state index contributed by atoms with van der Waals surface area (Å²) in [6.07, 6.45) is 3.45. The predicted octanol–water partition coefficient (Wildman–Crippen LogP) is 3.78. The number of hydrogen-bond acceptors (Lipinski definition) is 3. The minimum Gasteiger partial charge on any atom is -0.444 e. The van der Waals surface area contributed by atoms with Gasteiger partial charge in [-0.2, -0.15) is 5.10 Å². The number of benzene rings is 1. The van der Waals surface area contributed by atoms with Crippen LogP contribution in [-0.2, 0) is 10.3 Å². The van der Waals surface area contributed by atoms with Gasteiger partial charge in [0.2, 0.25) is 0 Å². The second-order valence-electron chi connectivity index (χ2n) is 7.58. The first-order valence-corrected chi connectivity index (χ1v) is 8.20. The SMILES string of the molecule is CC(C)(C)OC(=O)N1CCC(C)(n2ncc3ccccc32)CC1. The highest BCUT2D eigenvalue weighted by molar-refractivity contribution is 5.78. The largest absolute Gasteiger partial charge is 0.444 e. The molecule has 0 radical (unpaired) electrons. The van der Waals surface area contributed by atoms with Crippen LogP contribution in [0.25, 0.3) is 10.9 Å². The van der Waals surface area contributed by atoms with E-state index in [1.165, 1.54) is 0 Å². The zero-order valence-electron chi connectivity index (χ0n) is 14.4. The van der Waals surface area contributed by atoms with Gasteiger partial charge in [0.05, 0.1) is 17.3 Å². The molecular weight excluding hydrogens is 290 g/mol. The van der Waals surface area contributed by atoms with E-state index in [1.54, 1.807) is 4.90 Å². The number of amides is 1. The van der Waals surface area contributed by atoms with Crippen LogP contribution in [0.15, 0.2) is 30.5 Å². The smallest absolute Gasteiger partial charge is 0.410 e. The third-order valence-electron chi connectivity index (χ3n) is 4.48. The first kappa shape index (κ1) is 15.8. The number of likely N-dealkylation sites (tertiary alicyclic amines) is 1. The maximum absolute atomic E-state index is 12.2. The molecule has 1 aromatic heterocycles. The molecule has 2 aromatic rings. The van der Waals surface area contributed by atoms with Crippen LogP contribution in [0.4, 0.5) is 4.79 Å². The highest BCUT2D eigenvalue weighted by Crippen LogP contribution is 2.32. The molecule has 5 heteroatoms. The Balaban J connectivity index is 1.74. The molecule has 0 spiro atoms. The molecule has 2 heterocycles. The van der Waals surface area contributed by atoms with Gasteiger partial charge in [0.15, 0.2) is 0 Å². The van der Waals surface area contributed by atoms with Crippen LogP contribution in [0.2, 0.25) is 0 Å². The summed E-state index contributed by atoms with van der Waals surface area (Å²) in [5.74, 6) is 0. The van der Waals surface area contributed by atoms with Crippen molar-refractivity contribution in [3.8, 4) is 0 Å². The first-order chi connectivity index (χ1) is 10.8. The molecule has 3 rings (SSSR count). The number of aromatic nitrogens is 2. The van der Waals surface area contributed by atoms with Gasteiger partial charge in [-0.15, -0.1) is 0 Å². The van der Waals surface area contributed by atoms with Crippen molar-refractivity contribution in [2.75, 3.05) is 13.1 Å². The van der Waals surface area contributed by atoms with E-state index in [-0.39, 0.29) is 11.6 Å². The van der Waals surface area contributed by atoms with Crippen LogP contribution >= 0.6 is 0 Å². The Bertz CT molecular complexity index is 706. The van der Waals surface area contributed by atoms with Gasteiger partial charge in [0.25, 0.3) is 0 Å². The maximum Gasteiger partial charge on any atom is 0.410 e. The van der Waals surface area contributed by atoms with E-state index in [2.05, 4.69) is 28.8 Å². The molecule has 1 fully saturated rings. The van der Waals surface area contributed by atoms with Gasteiger partial charge in [0, 0.05) is 18.5 Å². The van der Waals surface area contributed by atoms with Gasteiger partial charge in [-0.05, 0) is 46.6 Å². The van der Waals surface area contributed by atoms with E-state index in [0.29, 0.717) is 13.1 Å².